The lowest BCUT2D eigenvalue weighted by Crippen LogP contribution is -2.70. The first kappa shape index (κ1) is 22.3. The first-order chi connectivity index (χ1) is 14.7. The molecular weight excluding hydrogens is 429 g/mol. The fraction of sp³-hybridized carbons (Fsp3) is 0.619. The number of ether oxygens (including phenoxy) is 1. The molecular formula is C21H27ClFN3O5. The number of hydrogen-bond donors (Lipinski definition) is 4. The monoisotopic (exact) mass is 455 g/mol. The fourth-order valence-corrected chi connectivity index (χ4v) is 4.99. The summed E-state index contributed by atoms with van der Waals surface area (Å²) in [6.07, 6.45) is 1.79. The maximum Gasteiger partial charge on any atom is 0.258 e. The van der Waals surface area contributed by atoms with Crippen LogP contribution in [0.4, 0.5) is 4.39 Å². The lowest BCUT2D eigenvalue weighted by molar-refractivity contribution is -0.138. The first-order valence-electron chi connectivity index (χ1n) is 10.5. The molecule has 0 spiro atoms. The molecule has 2 amide bonds. The zero-order valence-corrected chi connectivity index (χ0v) is 18.0. The van der Waals surface area contributed by atoms with Crippen molar-refractivity contribution in [3.05, 3.63) is 29.0 Å². The van der Waals surface area contributed by atoms with E-state index >= 15 is 0 Å². The predicted octanol–water partition coefficient (Wildman–Crippen LogP) is 1.45. The molecule has 3 unspecified atom stereocenters. The molecule has 10 heteroatoms. The van der Waals surface area contributed by atoms with Crippen LogP contribution in [0.1, 0.15) is 39.0 Å². The number of carbonyl (C=O) groups is 2. The summed E-state index contributed by atoms with van der Waals surface area (Å²) in [6, 6.07) is 3.96. The SMILES string of the molecule is CC1ONCC1C(=O)NC12CCC(NC(=O)COc3ccc(Cl)c(F)c3)(CC1)C(O)C2. The molecule has 1 heterocycles. The summed E-state index contributed by atoms with van der Waals surface area (Å²) in [6.45, 7) is 2.01. The Bertz CT molecular complexity index is 861. The smallest absolute Gasteiger partial charge is 0.258 e. The van der Waals surface area contributed by atoms with E-state index < -0.39 is 28.9 Å². The van der Waals surface area contributed by atoms with Gasteiger partial charge in [0.2, 0.25) is 5.91 Å². The van der Waals surface area contributed by atoms with E-state index in [-0.39, 0.29) is 35.3 Å². The largest absolute Gasteiger partial charge is 0.484 e. The minimum Gasteiger partial charge on any atom is -0.484 e. The molecule has 170 valence electrons. The number of hydroxylamine groups is 1. The van der Waals surface area contributed by atoms with Gasteiger partial charge in [0.15, 0.2) is 6.61 Å². The number of halogens is 2. The number of aliphatic hydroxyl groups excluding tert-OH is 1. The number of nitrogens with one attached hydrogen (secondary N) is 3. The molecule has 3 aliphatic carbocycles. The second-order valence-electron chi connectivity index (χ2n) is 8.84. The van der Waals surface area contributed by atoms with Gasteiger partial charge in [0.25, 0.3) is 5.91 Å². The Hall–Kier alpha value is -1.94. The topological polar surface area (TPSA) is 109 Å². The third-order valence-corrected chi connectivity index (χ3v) is 7.14. The van der Waals surface area contributed by atoms with Crippen LogP contribution in [0.25, 0.3) is 0 Å². The van der Waals surface area contributed by atoms with Gasteiger partial charge < -0.3 is 20.5 Å². The maximum atomic E-state index is 13.5. The van der Waals surface area contributed by atoms with Gasteiger partial charge in [-0.2, -0.15) is 0 Å². The van der Waals surface area contributed by atoms with Gasteiger partial charge in [-0.05, 0) is 51.2 Å². The summed E-state index contributed by atoms with van der Waals surface area (Å²) in [5, 5.41) is 16.9. The van der Waals surface area contributed by atoms with Crippen molar-refractivity contribution >= 4 is 23.4 Å². The molecule has 4 N–H and O–H groups in total. The number of rotatable bonds is 6. The van der Waals surface area contributed by atoms with Crippen LogP contribution in [-0.2, 0) is 14.4 Å². The molecule has 1 aliphatic heterocycles. The van der Waals surface area contributed by atoms with Gasteiger partial charge in [-0.15, -0.1) is 0 Å². The number of hydrogen-bond acceptors (Lipinski definition) is 6. The third kappa shape index (κ3) is 4.50. The van der Waals surface area contributed by atoms with E-state index in [1.165, 1.54) is 12.1 Å². The van der Waals surface area contributed by atoms with Crippen LogP contribution in [0.3, 0.4) is 0 Å². The van der Waals surface area contributed by atoms with E-state index in [0.29, 0.717) is 38.6 Å². The number of amides is 2. The van der Waals surface area contributed by atoms with Crippen LogP contribution in [0.2, 0.25) is 5.02 Å². The predicted molar refractivity (Wildman–Crippen MR) is 110 cm³/mol. The summed E-state index contributed by atoms with van der Waals surface area (Å²) in [5.74, 6) is -1.16. The van der Waals surface area contributed by atoms with E-state index in [9.17, 15) is 19.1 Å². The van der Waals surface area contributed by atoms with E-state index in [0.717, 1.165) is 6.07 Å². The third-order valence-electron chi connectivity index (χ3n) is 6.83. The van der Waals surface area contributed by atoms with Crippen molar-refractivity contribution in [3.63, 3.8) is 0 Å². The molecule has 3 atom stereocenters. The van der Waals surface area contributed by atoms with Crippen molar-refractivity contribution in [2.24, 2.45) is 5.92 Å². The molecule has 3 saturated carbocycles. The maximum absolute atomic E-state index is 13.5. The molecule has 1 aromatic carbocycles. The standard InChI is InChI=1S/C21H27ClFN3O5/c1-12-14(10-24-31-12)19(29)26-20-4-6-21(7-5-20,17(27)9-20)25-18(28)11-30-13-2-3-15(22)16(23)8-13/h2-3,8,12,14,17,24,27H,4-7,9-11H2,1H3,(H,25,28)(H,26,29). The van der Waals surface area contributed by atoms with Crippen molar-refractivity contribution in [2.45, 2.75) is 62.3 Å². The second kappa shape index (κ2) is 8.54. The molecule has 31 heavy (non-hydrogen) atoms. The fourth-order valence-electron chi connectivity index (χ4n) is 4.87. The Morgan fingerprint density at radius 3 is 2.68 bits per heavy atom. The summed E-state index contributed by atoms with van der Waals surface area (Å²) in [7, 11) is 0. The summed E-state index contributed by atoms with van der Waals surface area (Å²) in [4.78, 5) is 30.4. The van der Waals surface area contributed by atoms with Gasteiger partial charge in [-0.1, -0.05) is 11.6 Å². The van der Waals surface area contributed by atoms with Crippen LogP contribution >= 0.6 is 11.6 Å². The zero-order chi connectivity index (χ0) is 22.2. The Balaban J connectivity index is 1.32. The lowest BCUT2D eigenvalue weighted by Gasteiger charge is -2.56. The molecule has 4 aliphatic rings. The van der Waals surface area contributed by atoms with Crippen LogP contribution < -0.4 is 20.9 Å². The molecule has 0 aromatic heterocycles. The van der Waals surface area contributed by atoms with Gasteiger partial charge in [0.1, 0.15) is 11.6 Å². The molecule has 5 rings (SSSR count). The number of carbonyl (C=O) groups excluding carboxylic acids is 2. The van der Waals surface area contributed by atoms with E-state index in [1.54, 1.807) is 0 Å². The van der Waals surface area contributed by atoms with Crippen LogP contribution in [-0.4, -0.2) is 53.4 Å². The van der Waals surface area contributed by atoms with E-state index in [4.69, 9.17) is 21.2 Å². The average Bonchev–Trinajstić information content (AvgIpc) is 3.16. The van der Waals surface area contributed by atoms with E-state index in [2.05, 4.69) is 16.1 Å². The average molecular weight is 456 g/mol. The molecule has 4 fully saturated rings. The number of benzene rings is 1. The number of aliphatic hydroxyl groups is 1. The minimum atomic E-state index is -0.789. The highest BCUT2D eigenvalue weighted by Gasteiger charge is 2.55. The highest BCUT2D eigenvalue weighted by atomic mass is 35.5. The summed E-state index contributed by atoms with van der Waals surface area (Å²) in [5.41, 5.74) is 1.53. The molecule has 0 radical (unpaired) electrons. The summed E-state index contributed by atoms with van der Waals surface area (Å²) < 4.78 is 18.9. The van der Waals surface area contributed by atoms with Gasteiger partial charge in [-0.25, -0.2) is 9.87 Å². The highest BCUT2D eigenvalue weighted by molar-refractivity contribution is 6.30. The van der Waals surface area contributed by atoms with Crippen molar-refractivity contribution in [1.29, 1.82) is 0 Å². The van der Waals surface area contributed by atoms with Gasteiger partial charge >= 0.3 is 0 Å². The summed E-state index contributed by atoms with van der Waals surface area (Å²) >= 11 is 5.64. The van der Waals surface area contributed by atoms with Crippen LogP contribution in [0.15, 0.2) is 18.2 Å². The zero-order valence-electron chi connectivity index (χ0n) is 17.2. The Kier molecular flexibility index (Phi) is 6.13. The van der Waals surface area contributed by atoms with Gasteiger partial charge in [-0.3, -0.25) is 14.4 Å². The van der Waals surface area contributed by atoms with Crippen LogP contribution in [0, 0.1) is 11.7 Å². The van der Waals surface area contributed by atoms with E-state index in [1.807, 2.05) is 6.92 Å². The van der Waals surface area contributed by atoms with Gasteiger partial charge in [0.05, 0.1) is 28.7 Å². The van der Waals surface area contributed by atoms with Gasteiger partial charge in [0, 0.05) is 18.2 Å². The minimum absolute atomic E-state index is 0.0232. The molecule has 1 aromatic rings. The van der Waals surface area contributed by atoms with Crippen molar-refractivity contribution < 1.29 is 28.7 Å². The number of fused-ring (bicyclic) bond motifs is 3. The van der Waals surface area contributed by atoms with Crippen LogP contribution in [0.5, 0.6) is 5.75 Å². The quantitative estimate of drug-likeness (QED) is 0.517. The Morgan fingerprint density at radius 1 is 1.32 bits per heavy atom. The Morgan fingerprint density at radius 2 is 2.06 bits per heavy atom. The normalized spacial score (nSPS) is 34.4. The van der Waals surface area contributed by atoms with Crippen molar-refractivity contribution in [1.82, 2.24) is 16.1 Å². The molecule has 2 bridgehead atoms. The molecule has 1 saturated heterocycles. The first-order valence-corrected chi connectivity index (χ1v) is 10.9. The second-order valence-corrected chi connectivity index (χ2v) is 9.24. The van der Waals surface area contributed by atoms with Crippen molar-refractivity contribution in [2.75, 3.05) is 13.2 Å². The highest BCUT2D eigenvalue weighted by Crippen LogP contribution is 2.47. The lowest BCUT2D eigenvalue weighted by atomic mass is 9.59. The molecule has 8 nitrogen and oxygen atoms in total. The Labute approximate surface area is 184 Å². The van der Waals surface area contributed by atoms with Crippen molar-refractivity contribution in [3.8, 4) is 5.75 Å².